The van der Waals surface area contributed by atoms with Crippen LogP contribution in [0.25, 0.3) is 0 Å². The molecule has 1 aromatic carbocycles. The van der Waals surface area contributed by atoms with E-state index in [2.05, 4.69) is 4.90 Å². The first kappa shape index (κ1) is 15.0. The lowest BCUT2D eigenvalue weighted by Crippen LogP contribution is -2.48. The number of anilines is 1. The number of carbonyl (C=O) groups is 1. The highest BCUT2D eigenvalue weighted by Gasteiger charge is 2.25. The molecule has 0 aromatic heterocycles. The molecule has 1 aliphatic heterocycles. The zero-order valence-corrected chi connectivity index (χ0v) is 12.7. The Morgan fingerprint density at radius 2 is 1.75 bits per heavy atom. The summed E-state index contributed by atoms with van der Waals surface area (Å²) in [6, 6.07) is 7.53. The molecule has 6 heteroatoms. The summed E-state index contributed by atoms with van der Waals surface area (Å²) in [5.41, 5.74) is 1.63. The molecule has 0 atom stereocenters. The maximum atomic E-state index is 12.0. The number of nitrogens with zero attached hydrogens (tertiary/aromatic N) is 2. The van der Waals surface area contributed by atoms with Gasteiger partial charge >= 0.3 is 0 Å². The Labute approximate surface area is 120 Å². The summed E-state index contributed by atoms with van der Waals surface area (Å²) < 4.78 is 24.5. The van der Waals surface area contributed by atoms with Crippen LogP contribution >= 0.6 is 0 Å². The van der Waals surface area contributed by atoms with Crippen molar-refractivity contribution in [3.8, 4) is 0 Å². The molecule has 0 unspecified atom stereocenters. The van der Waals surface area contributed by atoms with Gasteiger partial charge in [-0.3, -0.25) is 4.79 Å². The Balaban J connectivity index is 2.17. The first-order valence-corrected chi connectivity index (χ1v) is 8.60. The zero-order chi connectivity index (χ0) is 14.8. The summed E-state index contributed by atoms with van der Waals surface area (Å²) in [7, 11) is -3.12. The van der Waals surface area contributed by atoms with E-state index in [1.807, 2.05) is 31.2 Å². The molecule has 0 aliphatic carbocycles. The van der Waals surface area contributed by atoms with Gasteiger partial charge in [-0.1, -0.05) is 19.1 Å². The average Bonchev–Trinajstić information content (AvgIpc) is 2.45. The van der Waals surface area contributed by atoms with Gasteiger partial charge in [-0.2, -0.15) is 4.31 Å². The molecule has 0 amide bonds. The largest absolute Gasteiger partial charge is 0.368 e. The third-order valence-electron chi connectivity index (χ3n) is 3.57. The van der Waals surface area contributed by atoms with Crippen LogP contribution in [-0.2, 0) is 10.0 Å². The minimum atomic E-state index is -3.12. The van der Waals surface area contributed by atoms with Gasteiger partial charge in [0.15, 0.2) is 5.78 Å². The highest BCUT2D eigenvalue weighted by atomic mass is 32.2. The van der Waals surface area contributed by atoms with Gasteiger partial charge in [0.05, 0.1) is 6.26 Å². The summed E-state index contributed by atoms with van der Waals surface area (Å²) in [4.78, 5) is 14.1. The van der Waals surface area contributed by atoms with Crippen LogP contribution in [0.15, 0.2) is 24.3 Å². The molecule has 0 saturated carbocycles. The average molecular weight is 296 g/mol. The van der Waals surface area contributed by atoms with Crippen molar-refractivity contribution >= 4 is 21.5 Å². The molecule has 1 heterocycles. The van der Waals surface area contributed by atoms with Gasteiger partial charge in [0.2, 0.25) is 10.0 Å². The molecule has 5 nitrogen and oxygen atoms in total. The minimum absolute atomic E-state index is 0.117. The topological polar surface area (TPSA) is 57.7 Å². The number of Topliss-reactive ketones (excluding diaryl/α,β-unsaturated/α-hetero) is 1. The molecule has 1 aliphatic rings. The van der Waals surface area contributed by atoms with Crippen molar-refractivity contribution in [1.29, 1.82) is 0 Å². The molecular weight excluding hydrogens is 276 g/mol. The van der Waals surface area contributed by atoms with E-state index >= 15 is 0 Å². The van der Waals surface area contributed by atoms with Gasteiger partial charge in [-0.25, -0.2) is 8.42 Å². The van der Waals surface area contributed by atoms with Crippen molar-refractivity contribution < 1.29 is 13.2 Å². The highest BCUT2D eigenvalue weighted by Crippen LogP contribution is 2.23. The SMILES string of the molecule is CCC(=O)c1ccccc1N1CCN(S(C)(=O)=O)CC1. The van der Waals surface area contributed by atoms with E-state index in [9.17, 15) is 13.2 Å². The predicted octanol–water partition coefficient (Wildman–Crippen LogP) is 1.36. The quantitative estimate of drug-likeness (QED) is 0.787. The number of rotatable bonds is 4. The van der Waals surface area contributed by atoms with Gasteiger partial charge in [-0.15, -0.1) is 0 Å². The summed E-state index contributed by atoms with van der Waals surface area (Å²) in [6.07, 6.45) is 1.71. The van der Waals surface area contributed by atoms with E-state index in [1.165, 1.54) is 10.6 Å². The second-order valence-electron chi connectivity index (χ2n) is 4.94. The van der Waals surface area contributed by atoms with Crippen LogP contribution in [-0.4, -0.2) is 50.9 Å². The number of sulfonamides is 1. The molecule has 0 spiro atoms. The van der Waals surface area contributed by atoms with Crippen LogP contribution < -0.4 is 4.90 Å². The van der Waals surface area contributed by atoms with Crippen molar-refractivity contribution in [2.75, 3.05) is 37.3 Å². The monoisotopic (exact) mass is 296 g/mol. The van der Waals surface area contributed by atoms with Crippen LogP contribution in [0.2, 0.25) is 0 Å². The van der Waals surface area contributed by atoms with Gasteiger partial charge in [0.25, 0.3) is 0 Å². The number of piperazine rings is 1. The molecule has 0 N–H and O–H groups in total. The number of ketones is 1. The number of hydrogen-bond donors (Lipinski definition) is 0. The first-order valence-electron chi connectivity index (χ1n) is 6.75. The Morgan fingerprint density at radius 3 is 2.30 bits per heavy atom. The Morgan fingerprint density at radius 1 is 1.15 bits per heavy atom. The maximum absolute atomic E-state index is 12.0. The summed E-state index contributed by atoms with van der Waals surface area (Å²) >= 11 is 0. The van der Waals surface area contributed by atoms with Crippen LogP contribution in [0.4, 0.5) is 5.69 Å². The molecule has 1 saturated heterocycles. The van der Waals surface area contributed by atoms with Crippen LogP contribution in [0, 0.1) is 0 Å². The van der Waals surface area contributed by atoms with E-state index < -0.39 is 10.0 Å². The van der Waals surface area contributed by atoms with Gasteiger partial charge in [-0.05, 0) is 12.1 Å². The van der Waals surface area contributed by atoms with E-state index in [4.69, 9.17) is 0 Å². The van der Waals surface area contributed by atoms with Crippen LogP contribution in [0.5, 0.6) is 0 Å². The molecule has 0 radical (unpaired) electrons. The molecule has 1 fully saturated rings. The smallest absolute Gasteiger partial charge is 0.211 e. The van der Waals surface area contributed by atoms with Crippen molar-refractivity contribution in [3.63, 3.8) is 0 Å². The summed E-state index contributed by atoms with van der Waals surface area (Å²) in [5.74, 6) is 0.117. The third kappa shape index (κ3) is 3.19. The molecule has 110 valence electrons. The van der Waals surface area contributed by atoms with E-state index in [0.717, 1.165) is 11.3 Å². The fourth-order valence-electron chi connectivity index (χ4n) is 2.44. The van der Waals surface area contributed by atoms with Crippen LogP contribution in [0.3, 0.4) is 0 Å². The van der Waals surface area contributed by atoms with Crippen molar-refractivity contribution in [2.24, 2.45) is 0 Å². The highest BCUT2D eigenvalue weighted by molar-refractivity contribution is 7.88. The lowest BCUT2D eigenvalue weighted by atomic mass is 10.1. The predicted molar refractivity (Wildman–Crippen MR) is 79.7 cm³/mol. The molecule has 20 heavy (non-hydrogen) atoms. The number of para-hydroxylation sites is 1. The first-order chi connectivity index (χ1) is 9.43. The normalized spacial score (nSPS) is 17.2. The van der Waals surface area contributed by atoms with Gasteiger partial charge in [0, 0.05) is 43.9 Å². The minimum Gasteiger partial charge on any atom is -0.368 e. The Hall–Kier alpha value is -1.40. The van der Waals surface area contributed by atoms with Gasteiger partial charge < -0.3 is 4.90 Å². The van der Waals surface area contributed by atoms with E-state index in [-0.39, 0.29) is 5.78 Å². The Kier molecular flexibility index (Phi) is 4.45. The van der Waals surface area contributed by atoms with Crippen LogP contribution in [0.1, 0.15) is 23.7 Å². The molecule has 2 rings (SSSR count). The maximum Gasteiger partial charge on any atom is 0.211 e. The summed E-state index contributed by atoms with van der Waals surface area (Å²) in [6.45, 7) is 4.00. The second-order valence-corrected chi connectivity index (χ2v) is 6.93. The lowest BCUT2D eigenvalue weighted by molar-refractivity contribution is 0.0988. The van der Waals surface area contributed by atoms with Gasteiger partial charge in [0.1, 0.15) is 0 Å². The number of benzene rings is 1. The molecular formula is C14H20N2O3S. The second kappa shape index (κ2) is 5.93. The zero-order valence-electron chi connectivity index (χ0n) is 11.9. The van der Waals surface area contributed by atoms with Crippen molar-refractivity contribution in [3.05, 3.63) is 29.8 Å². The fourth-order valence-corrected chi connectivity index (χ4v) is 3.26. The Bertz CT molecular complexity index is 590. The van der Waals surface area contributed by atoms with E-state index in [1.54, 1.807) is 0 Å². The number of hydrogen-bond acceptors (Lipinski definition) is 4. The van der Waals surface area contributed by atoms with Crippen molar-refractivity contribution in [1.82, 2.24) is 4.31 Å². The lowest BCUT2D eigenvalue weighted by Gasteiger charge is -2.35. The third-order valence-corrected chi connectivity index (χ3v) is 4.88. The van der Waals surface area contributed by atoms with E-state index in [0.29, 0.717) is 32.6 Å². The molecule has 1 aromatic rings. The fraction of sp³-hybridized carbons (Fsp3) is 0.500. The summed E-state index contributed by atoms with van der Waals surface area (Å²) in [5, 5.41) is 0. The number of carbonyl (C=O) groups excluding carboxylic acids is 1. The molecule has 0 bridgehead atoms. The standard InChI is InChI=1S/C14H20N2O3S/c1-3-14(17)12-6-4-5-7-13(12)15-8-10-16(11-9-15)20(2,18)19/h4-7H,3,8-11H2,1-2H3. The van der Waals surface area contributed by atoms with Crippen molar-refractivity contribution in [2.45, 2.75) is 13.3 Å².